The summed E-state index contributed by atoms with van der Waals surface area (Å²) in [4.78, 5) is 15.5. The highest BCUT2D eigenvalue weighted by Gasteiger charge is 2.09. The van der Waals surface area contributed by atoms with Crippen molar-refractivity contribution in [3.05, 3.63) is 42.4 Å². The maximum absolute atomic E-state index is 11.4. The fourth-order valence-corrected chi connectivity index (χ4v) is 1.26. The molecule has 0 unspecified atom stereocenters. The minimum absolute atomic E-state index is 0.355. The van der Waals surface area contributed by atoms with Gasteiger partial charge in [0.25, 0.3) is 0 Å². The van der Waals surface area contributed by atoms with Gasteiger partial charge in [0.15, 0.2) is 5.82 Å². The average molecular weight is 261 g/mol. The van der Waals surface area contributed by atoms with Crippen molar-refractivity contribution in [3.63, 3.8) is 0 Å². The molecule has 0 spiro atoms. The molecule has 0 saturated heterocycles. The molecule has 0 atom stereocenters. The molecular weight excluding hydrogens is 242 g/mol. The van der Waals surface area contributed by atoms with Gasteiger partial charge >= 0.3 is 5.97 Å². The molecule has 0 bridgehead atoms. The van der Waals surface area contributed by atoms with Gasteiger partial charge in [0.2, 0.25) is 0 Å². The fraction of sp³-hybridized carbons (Fsp3) is 0.357. The third-order valence-electron chi connectivity index (χ3n) is 1.98. The number of ether oxygens (including phenoxy) is 1. The number of carbonyl (C=O) groups is 1. The summed E-state index contributed by atoms with van der Waals surface area (Å²) < 4.78 is 6.40. The molecule has 2 aromatic heterocycles. The van der Waals surface area contributed by atoms with Crippen molar-refractivity contribution in [2.75, 3.05) is 6.61 Å². The molecule has 0 N–H and O–H groups in total. The van der Waals surface area contributed by atoms with Gasteiger partial charge in [-0.05, 0) is 19.1 Å². The van der Waals surface area contributed by atoms with Crippen LogP contribution in [0.3, 0.4) is 0 Å². The van der Waals surface area contributed by atoms with Gasteiger partial charge < -0.3 is 4.74 Å². The minimum Gasteiger partial charge on any atom is -0.462 e. The summed E-state index contributed by atoms with van der Waals surface area (Å²) in [6.07, 6.45) is 5.98. The van der Waals surface area contributed by atoms with E-state index in [4.69, 9.17) is 4.74 Å². The highest BCUT2D eigenvalue weighted by molar-refractivity contribution is 5.88. The normalized spacial score (nSPS) is 9.42. The summed E-state index contributed by atoms with van der Waals surface area (Å²) in [6, 6.07) is 5.48. The van der Waals surface area contributed by atoms with E-state index in [1.807, 2.05) is 18.2 Å². The molecule has 2 rings (SSSR count). The zero-order chi connectivity index (χ0) is 14.1. The number of nitrogens with zero attached hydrogens (tertiary/aromatic N) is 3. The molecule has 2 heterocycles. The quantitative estimate of drug-likeness (QED) is 0.797. The second-order valence-electron chi connectivity index (χ2n) is 3.79. The summed E-state index contributed by atoms with van der Waals surface area (Å²) in [7, 11) is 0. The van der Waals surface area contributed by atoms with Crippen molar-refractivity contribution < 1.29 is 9.53 Å². The molecule has 0 saturated carbocycles. The number of rotatable bonds is 3. The van der Waals surface area contributed by atoms with Crippen LogP contribution in [-0.2, 0) is 4.74 Å². The van der Waals surface area contributed by atoms with E-state index in [2.05, 4.69) is 23.9 Å². The number of hydrogen-bond donors (Lipinski definition) is 0. The van der Waals surface area contributed by atoms with E-state index in [-0.39, 0.29) is 5.97 Å². The maximum Gasteiger partial charge on any atom is 0.341 e. The Balaban J connectivity index is 0.000000550. The number of hydrogen-bond acceptors (Lipinski definition) is 4. The number of aromatic nitrogens is 3. The van der Waals surface area contributed by atoms with Crippen LogP contribution in [0.25, 0.3) is 5.82 Å². The molecule has 102 valence electrons. The highest BCUT2D eigenvalue weighted by atomic mass is 16.5. The molecule has 0 amide bonds. The lowest BCUT2D eigenvalue weighted by Gasteiger charge is -1.98. The summed E-state index contributed by atoms with van der Waals surface area (Å²) >= 11 is 0. The van der Waals surface area contributed by atoms with Crippen LogP contribution in [0, 0.1) is 0 Å². The van der Waals surface area contributed by atoms with Gasteiger partial charge in [-0.2, -0.15) is 5.10 Å². The molecule has 2 aromatic rings. The Labute approximate surface area is 113 Å². The largest absolute Gasteiger partial charge is 0.462 e. The zero-order valence-corrected chi connectivity index (χ0v) is 11.5. The molecule has 0 aliphatic heterocycles. The SMILES string of the molecule is CCC.CCOC(=O)c1cnn(-c2ccccn2)c1. The van der Waals surface area contributed by atoms with Crippen LogP contribution >= 0.6 is 0 Å². The minimum atomic E-state index is -0.371. The van der Waals surface area contributed by atoms with Crippen molar-refractivity contribution in [1.82, 2.24) is 14.8 Å². The number of carbonyl (C=O) groups excluding carboxylic acids is 1. The topological polar surface area (TPSA) is 57.0 Å². The van der Waals surface area contributed by atoms with Crippen molar-refractivity contribution in [3.8, 4) is 5.82 Å². The van der Waals surface area contributed by atoms with Crippen LogP contribution in [0.4, 0.5) is 0 Å². The fourth-order valence-electron chi connectivity index (χ4n) is 1.26. The van der Waals surface area contributed by atoms with Gasteiger partial charge in [0.05, 0.1) is 18.4 Å². The predicted octanol–water partition coefficient (Wildman–Crippen LogP) is 2.86. The first kappa shape index (κ1) is 14.9. The Morgan fingerprint density at radius 2 is 2.05 bits per heavy atom. The van der Waals surface area contributed by atoms with Crippen molar-refractivity contribution in [1.29, 1.82) is 0 Å². The third kappa shape index (κ3) is 4.54. The lowest BCUT2D eigenvalue weighted by Crippen LogP contribution is -2.03. The maximum atomic E-state index is 11.4. The first-order valence-electron chi connectivity index (χ1n) is 6.36. The standard InChI is InChI=1S/C11H11N3O2.C3H8/c1-2-16-11(15)9-7-13-14(8-9)10-5-3-4-6-12-10;1-3-2/h3-8H,2H2,1H3;3H2,1-2H3. The van der Waals surface area contributed by atoms with Crippen LogP contribution in [-0.4, -0.2) is 27.3 Å². The molecule has 0 aliphatic rings. The van der Waals surface area contributed by atoms with Gasteiger partial charge in [-0.1, -0.05) is 26.3 Å². The van der Waals surface area contributed by atoms with Crippen LogP contribution in [0.5, 0.6) is 0 Å². The first-order chi connectivity index (χ1) is 9.22. The summed E-state index contributed by atoms with van der Waals surface area (Å²) in [6.45, 7) is 6.37. The monoisotopic (exact) mass is 261 g/mol. The Morgan fingerprint density at radius 1 is 1.32 bits per heavy atom. The van der Waals surface area contributed by atoms with E-state index in [0.29, 0.717) is 18.0 Å². The van der Waals surface area contributed by atoms with Crippen molar-refractivity contribution >= 4 is 5.97 Å². The van der Waals surface area contributed by atoms with E-state index in [1.165, 1.54) is 17.3 Å². The van der Waals surface area contributed by atoms with Crippen LogP contribution in [0.1, 0.15) is 37.6 Å². The lowest BCUT2D eigenvalue weighted by atomic mass is 10.4. The second-order valence-corrected chi connectivity index (χ2v) is 3.79. The van der Waals surface area contributed by atoms with Crippen molar-refractivity contribution in [2.24, 2.45) is 0 Å². The van der Waals surface area contributed by atoms with E-state index < -0.39 is 0 Å². The highest BCUT2D eigenvalue weighted by Crippen LogP contribution is 2.05. The van der Waals surface area contributed by atoms with E-state index >= 15 is 0 Å². The summed E-state index contributed by atoms with van der Waals surface area (Å²) in [5.74, 6) is 0.294. The first-order valence-corrected chi connectivity index (χ1v) is 6.36. The summed E-state index contributed by atoms with van der Waals surface area (Å²) in [5, 5.41) is 4.04. The van der Waals surface area contributed by atoms with Gasteiger partial charge in [0.1, 0.15) is 0 Å². The molecule has 0 fully saturated rings. The Morgan fingerprint density at radius 3 is 2.63 bits per heavy atom. The molecule has 19 heavy (non-hydrogen) atoms. The van der Waals surface area contributed by atoms with Crippen molar-refractivity contribution in [2.45, 2.75) is 27.2 Å². The van der Waals surface area contributed by atoms with Crippen LogP contribution < -0.4 is 0 Å². The predicted molar refractivity (Wildman–Crippen MR) is 73.3 cm³/mol. The van der Waals surface area contributed by atoms with E-state index in [1.54, 1.807) is 19.3 Å². The molecule has 5 heteroatoms. The molecular formula is C14H19N3O2. The molecule has 5 nitrogen and oxygen atoms in total. The second kappa shape index (κ2) is 8.02. The Kier molecular flexibility index (Phi) is 6.29. The van der Waals surface area contributed by atoms with Crippen LogP contribution in [0.15, 0.2) is 36.8 Å². The molecule has 0 radical (unpaired) electrons. The van der Waals surface area contributed by atoms with Crippen LogP contribution in [0.2, 0.25) is 0 Å². The number of esters is 1. The van der Waals surface area contributed by atoms with Gasteiger partial charge in [-0.3, -0.25) is 0 Å². The molecule has 0 aliphatic carbocycles. The lowest BCUT2D eigenvalue weighted by molar-refractivity contribution is 0.0526. The van der Waals surface area contributed by atoms with Gasteiger partial charge in [-0.15, -0.1) is 0 Å². The van der Waals surface area contributed by atoms with Gasteiger partial charge in [0, 0.05) is 12.4 Å². The third-order valence-corrected chi connectivity index (χ3v) is 1.98. The smallest absolute Gasteiger partial charge is 0.341 e. The average Bonchev–Trinajstić information content (AvgIpc) is 2.91. The Hall–Kier alpha value is -2.17. The Bertz CT molecular complexity index is 494. The number of pyridine rings is 1. The van der Waals surface area contributed by atoms with E-state index in [0.717, 1.165) is 0 Å². The zero-order valence-electron chi connectivity index (χ0n) is 11.5. The van der Waals surface area contributed by atoms with E-state index in [9.17, 15) is 4.79 Å². The molecule has 0 aromatic carbocycles. The van der Waals surface area contributed by atoms with Gasteiger partial charge in [-0.25, -0.2) is 14.5 Å². The summed E-state index contributed by atoms with van der Waals surface area (Å²) in [5.41, 5.74) is 0.424.